The van der Waals surface area contributed by atoms with Crippen LogP contribution in [0.4, 0.5) is 0 Å². The summed E-state index contributed by atoms with van der Waals surface area (Å²) in [6.45, 7) is 6.02. The number of carbonyl (C=O) groups is 2. The molecule has 1 N–H and O–H groups in total. The highest BCUT2D eigenvalue weighted by molar-refractivity contribution is 7.07. The second kappa shape index (κ2) is 5.33. The van der Waals surface area contributed by atoms with Crippen LogP contribution in [0.2, 0.25) is 0 Å². The zero-order valence-corrected chi connectivity index (χ0v) is 12.4. The van der Waals surface area contributed by atoms with Gasteiger partial charge in [-0.25, -0.2) is 0 Å². The molecule has 2 rings (SSSR count). The summed E-state index contributed by atoms with van der Waals surface area (Å²) >= 11 is 1.61. The van der Waals surface area contributed by atoms with E-state index in [0.29, 0.717) is 12.8 Å². The van der Waals surface area contributed by atoms with Crippen molar-refractivity contribution in [2.45, 2.75) is 45.2 Å². The van der Waals surface area contributed by atoms with Gasteiger partial charge >= 0.3 is 0 Å². The molecule has 19 heavy (non-hydrogen) atoms. The lowest BCUT2D eigenvalue weighted by Gasteiger charge is -2.43. The van der Waals surface area contributed by atoms with Crippen LogP contribution in [0, 0.1) is 0 Å². The molecule has 1 aromatic heterocycles. The molecule has 1 fully saturated rings. The summed E-state index contributed by atoms with van der Waals surface area (Å²) in [7, 11) is 0. The van der Waals surface area contributed by atoms with Crippen LogP contribution in [0.15, 0.2) is 16.8 Å². The van der Waals surface area contributed by atoms with Crippen LogP contribution in [0.3, 0.4) is 0 Å². The number of thiophene rings is 1. The van der Waals surface area contributed by atoms with E-state index < -0.39 is 5.54 Å². The molecule has 5 heteroatoms. The van der Waals surface area contributed by atoms with Gasteiger partial charge in [0.05, 0.1) is 6.04 Å². The molecule has 1 aliphatic rings. The Bertz CT molecular complexity index is 466. The third-order valence-electron chi connectivity index (χ3n) is 4.06. The maximum absolute atomic E-state index is 12.7. The van der Waals surface area contributed by atoms with Crippen molar-refractivity contribution in [3.63, 3.8) is 0 Å². The van der Waals surface area contributed by atoms with Gasteiger partial charge in [-0.3, -0.25) is 9.59 Å². The van der Waals surface area contributed by atoms with Gasteiger partial charge in [0, 0.05) is 0 Å². The van der Waals surface area contributed by atoms with E-state index in [4.69, 9.17) is 0 Å². The summed E-state index contributed by atoms with van der Waals surface area (Å²) in [5.74, 6) is -0.0267. The molecule has 1 unspecified atom stereocenters. The average Bonchev–Trinajstić information content (AvgIpc) is 2.94. The molecule has 1 atom stereocenters. The highest BCUT2D eigenvalue weighted by Gasteiger charge is 2.45. The van der Waals surface area contributed by atoms with Gasteiger partial charge in [-0.15, -0.1) is 0 Å². The minimum absolute atomic E-state index is 0.0378. The van der Waals surface area contributed by atoms with Gasteiger partial charge in [-0.1, -0.05) is 13.8 Å². The number of carbonyl (C=O) groups excluding carboxylic acids is 2. The largest absolute Gasteiger partial charge is 0.340 e. The van der Waals surface area contributed by atoms with E-state index in [2.05, 4.69) is 5.32 Å². The minimum Gasteiger partial charge on any atom is -0.340 e. The third-order valence-corrected chi connectivity index (χ3v) is 4.76. The van der Waals surface area contributed by atoms with Crippen LogP contribution in [-0.4, -0.2) is 28.8 Å². The normalized spacial score (nSPS) is 20.3. The Morgan fingerprint density at radius 3 is 2.63 bits per heavy atom. The van der Waals surface area contributed by atoms with Crippen LogP contribution < -0.4 is 5.32 Å². The second-order valence-electron chi connectivity index (χ2n) is 5.00. The Labute approximate surface area is 117 Å². The monoisotopic (exact) mass is 280 g/mol. The minimum atomic E-state index is -0.723. The molecule has 2 amide bonds. The molecule has 0 bridgehead atoms. The molecule has 0 radical (unpaired) electrons. The van der Waals surface area contributed by atoms with Crippen molar-refractivity contribution in [2.24, 2.45) is 0 Å². The van der Waals surface area contributed by atoms with E-state index in [1.54, 1.807) is 16.2 Å². The Balaban J connectivity index is 2.30. The maximum Gasteiger partial charge on any atom is 0.249 e. The Hall–Kier alpha value is -1.36. The van der Waals surface area contributed by atoms with Gasteiger partial charge in [0.25, 0.3) is 0 Å². The van der Waals surface area contributed by atoms with Crippen molar-refractivity contribution >= 4 is 23.2 Å². The van der Waals surface area contributed by atoms with Crippen LogP contribution in [0.25, 0.3) is 0 Å². The van der Waals surface area contributed by atoms with Crippen molar-refractivity contribution in [2.75, 3.05) is 6.54 Å². The summed E-state index contributed by atoms with van der Waals surface area (Å²) in [6.07, 6.45) is 1.25. The number of hydrogen-bond donors (Lipinski definition) is 1. The highest BCUT2D eigenvalue weighted by atomic mass is 32.1. The lowest BCUT2D eigenvalue weighted by atomic mass is 9.88. The lowest BCUT2D eigenvalue weighted by Crippen LogP contribution is -2.66. The van der Waals surface area contributed by atoms with Crippen molar-refractivity contribution in [3.05, 3.63) is 22.4 Å². The van der Waals surface area contributed by atoms with Gasteiger partial charge in [0.15, 0.2) is 0 Å². The Morgan fingerprint density at radius 2 is 2.11 bits per heavy atom. The predicted molar refractivity (Wildman–Crippen MR) is 75.9 cm³/mol. The quantitative estimate of drug-likeness (QED) is 0.920. The van der Waals surface area contributed by atoms with Gasteiger partial charge in [-0.2, -0.15) is 11.3 Å². The fraction of sp³-hybridized carbons (Fsp3) is 0.571. The first-order valence-electron chi connectivity index (χ1n) is 6.68. The Kier molecular flexibility index (Phi) is 3.94. The SMILES string of the molecule is CCC1(CC)NC(=O)CN(C(C)c2ccsc2)C1=O. The summed E-state index contributed by atoms with van der Waals surface area (Å²) in [4.78, 5) is 26.3. The van der Waals surface area contributed by atoms with E-state index in [9.17, 15) is 9.59 Å². The second-order valence-corrected chi connectivity index (χ2v) is 5.78. The van der Waals surface area contributed by atoms with E-state index in [1.807, 2.05) is 37.6 Å². The predicted octanol–water partition coefficient (Wildman–Crippen LogP) is 2.33. The molecule has 0 aliphatic carbocycles. The number of amides is 2. The molecule has 0 spiro atoms. The molecule has 0 aromatic carbocycles. The van der Waals surface area contributed by atoms with E-state index in [-0.39, 0.29) is 24.4 Å². The van der Waals surface area contributed by atoms with Gasteiger partial charge in [0.1, 0.15) is 12.1 Å². The lowest BCUT2D eigenvalue weighted by molar-refractivity contribution is -0.152. The fourth-order valence-electron chi connectivity index (χ4n) is 2.60. The molecule has 4 nitrogen and oxygen atoms in total. The first-order valence-corrected chi connectivity index (χ1v) is 7.62. The van der Waals surface area contributed by atoms with Crippen molar-refractivity contribution in [3.8, 4) is 0 Å². The summed E-state index contributed by atoms with van der Waals surface area (Å²) in [6, 6.07) is 1.96. The van der Waals surface area contributed by atoms with E-state index in [0.717, 1.165) is 5.56 Å². The maximum atomic E-state index is 12.7. The highest BCUT2D eigenvalue weighted by Crippen LogP contribution is 2.29. The summed E-state index contributed by atoms with van der Waals surface area (Å²) in [5.41, 5.74) is 0.369. The fourth-order valence-corrected chi connectivity index (χ4v) is 3.34. The topological polar surface area (TPSA) is 49.4 Å². The van der Waals surface area contributed by atoms with E-state index >= 15 is 0 Å². The smallest absolute Gasteiger partial charge is 0.249 e. The first kappa shape index (κ1) is 14.1. The van der Waals surface area contributed by atoms with Crippen molar-refractivity contribution < 1.29 is 9.59 Å². The summed E-state index contributed by atoms with van der Waals surface area (Å²) < 4.78 is 0. The molecular weight excluding hydrogens is 260 g/mol. The van der Waals surface area contributed by atoms with Crippen LogP contribution >= 0.6 is 11.3 Å². The van der Waals surface area contributed by atoms with Crippen LogP contribution in [0.5, 0.6) is 0 Å². The van der Waals surface area contributed by atoms with Gasteiger partial charge in [-0.05, 0) is 42.2 Å². The molecule has 1 aliphatic heterocycles. The zero-order chi connectivity index (χ0) is 14.0. The molecular formula is C14H20N2O2S. The van der Waals surface area contributed by atoms with Crippen molar-refractivity contribution in [1.82, 2.24) is 10.2 Å². The third kappa shape index (κ3) is 2.39. The van der Waals surface area contributed by atoms with Gasteiger partial charge in [0.2, 0.25) is 11.8 Å². The molecule has 104 valence electrons. The van der Waals surface area contributed by atoms with Crippen LogP contribution in [0.1, 0.15) is 45.2 Å². The number of piperazine rings is 1. The molecule has 1 aromatic rings. The standard InChI is InChI=1S/C14H20N2O2S/c1-4-14(5-2)13(18)16(8-12(17)15-14)10(3)11-6-7-19-9-11/h6-7,9-10H,4-5,8H2,1-3H3,(H,15,17). The Morgan fingerprint density at radius 1 is 1.42 bits per heavy atom. The zero-order valence-electron chi connectivity index (χ0n) is 11.6. The van der Waals surface area contributed by atoms with E-state index in [1.165, 1.54) is 0 Å². The summed E-state index contributed by atoms with van der Waals surface area (Å²) in [5, 5.41) is 6.91. The number of nitrogens with one attached hydrogen (secondary N) is 1. The average molecular weight is 280 g/mol. The molecule has 1 saturated heterocycles. The molecule has 2 heterocycles. The number of nitrogens with zero attached hydrogens (tertiary/aromatic N) is 1. The molecule has 0 saturated carbocycles. The first-order chi connectivity index (χ1) is 9.04. The number of hydrogen-bond acceptors (Lipinski definition) is 3. The van der Waals surface area contributed by atoms with Crippen LogP contribution in [-0.2, 0) is 9.59 Å². The van der Waals surface area contributed by atoms with Crippen molar-refractivity contribution in [1.29, 1.82) is 0 Å². The van der Waals surface area contributed by atoms with Gasteiger partial charge < -0.3 is 10.2 Å². The number of rotatable bonds is 4.